The van der Waals surface area contributed by atoms with Crippen LogP contribution in [-0.2, 0) is 24.8 Å². The smallest absolute Gasteiger partial charge is 0.251 e. The van der Waals surface area contributed by atoms with Crippen LogP contribution in [-0.4, -0.2) is 89.7 Å². The topological polar surface area (TPSA) is 122 Å². The van der Waals surface area contributed by atoms with Crippen LogP contribution >= 0.6 is 0 Å². The molecule has 2 heterocycles. The molecule has 2 saturated heterocycles. The van der Waals surface area contributed by atoms with Crippen LogP contribution in [0.5, 0.6) is 5.75 Å². The van der Waals surface area contributed by atoms with E-state index >= 15 is 0 Å². The Morgan fingerprint density at radius 1 is 1.16 bits per heavy atom. The van der Waals surface area contributed by atoms with Crippen LogP contribution in [0.15, 0.2) is 23.1 Å². The Balaban J connectivity index is 1.72. The van der Waals surface area contributed by atoms with Crippen molar-refractivity contribution in [3.63, 3.8) is 0 Å². The predicted molar refractivity (Wildman–Crippen MR) is 119 cm³/mol. The van der Waals surface area contributed by atoms with Gasteiger partial charge >= 0.3 is 0 Å². The van der Waals surface area contributed by atoms with Gasteiger partial charge in [-0.2, -0.15) is 8.61 Å². The fourth-order valence-corrected chi connectivity index (χ4v) is 7.13. The summed E-state index contributed by atoms with van der Waals surface area (Å²) in [5, 5.41) is 2.57. The first kappa shape index (κ1) is 24.9. The van der Waals surface area contributed by atoms with Crippen LogP contribution in [0.2, 0.25) is 0 Å². The van der Waals surface area contributed by atoms with E-state index in [-0.39, 0.29) is 34.5 Å². The van der Waals surface area contributed by atoms with E-state index in [4.69, 9.17) is 9.47 Å². The average Bonchev–Trinajstić information content (AvgIpc) is 2.79. The summed E-state index contributed by atoms with van der Waals surface area (Å²) in [6, 6.07) is 4.06. The number of carbonyl (C=O) groups excluding carboxylic acids is 1. The Morgan fingerprint density at radius 3 is 2.53 bits per heavy atom. The SMILES string of the molecule is COc1ccc(C(=O)NCCS(=O)(=O)N2CCOCC2)cc1S(=O)(=O)N1CCCCC1C. The minimum Gasteiger partial charge on any atom is -0.495 e. The molecule has 1 amide bonds. The van der Waals surface area contributed by atoms with Gasteiger partial charge in [0.1, 0.15) is 10.6 Å². The molecular formula is C20H31N3O7S2. The van der Waals surface area contributed by atoms with E-state index in [9.17, 15) is 21.6 Å². The monoisotopic (exact) mass is 489 g/mol. The van der Waals surface area contributed by atoms with Crippen molar-refractivity contribution in [2.45, 2.75) is 37.1 Å². The summed E-state index contributed by atoms with van der Waals surface area (Å²) >= 11 is 0. The third-order valence-electron chi connectivity index (χ3n) is 5.76. The lowest BCUT2D eigenvalue weighted by atomic mass is 10.1. The second-order valence-electron chi connectivity index (χ2n) is 7.91. The average molecular weight is 490 g/mol. The number of morpholine rings is 1. The van der Waals surface area contributed by atoms with Gasteiger partial charge < -0.3 is 14.8 Å². The highest BCUT2D eigenvalue weighted by molar-refractivity contribution is 7.89. The Morgan fingerprint density at radius 2 is 1.88 bits per heavy atom. The van der Waals surface area contributed by atoms with E-state index < -0.39 is 26.0 Å². The number of methoxy groups -OCH3 is 1. The highest BCUT2D eigenvalue weighted by atomic mass is 32.2. The molecule has 32 heavy (non-hydrogen) atoms. The second kappa shape index (κ2) is 10.5. The van der Waals surface area contributed by atoms with Gasteiger partial charge in [-0.25, -0.2) is 16.8 Å². The van der Waals surface area contributed by atoms with Gasteiger partial charge in [-0.1, -0.05) is 6.42 Å². The number of ether oxygens (including phenoxy) is 2. The lowest BCUT2D eigenvalue weighted by Crippen LogP contribution is -2.43. The number of carbonyl (C=O) groups is 1. The molecule has 0 radical (unpaired) electrons. The summed E-state index contributed by atoms with van der Waals surface area (Å²) in [6.07, 6.45) is 2.53. The number of piperidine rings is 1. The van der Waals surface area contributed by atoms with Gasteiger partial charge in [0.25, 0.3) is 5.91 Å². The molecule has 0 saturated carbocycles. The third-order valence-corrected chi connectivity index (χ3v) is 9.67. The Kier molecular flexibility index (Phi) is 8.15. The molecule has 10 nitrogen and oxygen atoms in total. The Labute approximate surface area is 190 Å². The minimum atomic E-state index is -3.85. The molecule has 12 heteroatoms. The molecular weight excluding hydrogens is 458 g/mol. The summed E-state index contributed by atoms with van der Waals surface area (Å²) in [7, 11) is -5.98. The number of hydrogen-bond acceptors (Lipinski definition) is 7. The van der Waals surface area contributed by atoms with Crippen molar-refractivity contribution in [1.29, 1.82) is 0 Å². The van der Waals surface area contributed by atoms with Crippen molar-refractivity contribution in [3.8, 4) is 5.75 Å². The van der Waals surface area contributed by atoms with Crippen molar-refractivity contribution >= 4 is 26.0 Å². The first-order valence-electron chi connectivity index (χ1n) is 10.7. The Bertz CT molecular complexity index is 1020. The molecule has 180 valence electrons. The summed E-state index contributed by atoms with van der Waals surface area (Å²) < 4.78 is 64.6. The zero-order valence-electron chi connectivity index (χ0n) is 18.4. The van der Waals surface area contributed by atoms with Crippen molar-refractivity contribution in [3.05, 3.63) is 23.8 Å². The van der Waals surface area contributed by atoms with E-state index in [1.54, 1.807) is 0 Å². The normalized spacial score (nSPS) is 21.2. The van der Waals surface area contributed by atoms with Gasteiger partial charge in [0, 0.05) is 37.8 Å². The molecule has 2 aliphatic rings. The summed E-state index contributed by atoms with van der Waals surface area (Å²) in [4.78, 5) is 12.6. The van der Waals surface area contributed by atoms with Crippen LogP contribution in [0.1, 0.15) is 36.5 Å². The highest BCUT2D eigenvalue weighted by Crippen LogP contribution is 2.31. The molecule has 0 aromatic heterocycles. The molecule has 1 N–H and O–H groups in total. The van der Waals surface area contributed by atoms with Crippen LogP contribution in [0.4, 0.5) is 0 Å². The number of rotatable bonds is 8. The maximum Gasteiger partial charge on any atom is 0.251 e. The first-order chi connectivity index (χ1) is 15.2. The van der Waals surface area contributed by atoms with Gasteiger partial charge in [-0.15, -0.1) is 0 Å². The quantitative estimate of drug-likeness (QED) is 0.569. The number of hydrogen-bond donors (Lipinski definition) is 1. The van der Waals surface area contributed by atoms with Crippen molar-refractivity contribution < 1.29 is 31.1 Å². The largest absolute Gasteiger partial charge is 0.495 e. The van der Waals surface area contributed by atoms with Gasteiger partial charge in [0.2, 0.25) is 20.0 Å². The maximum atomic E-state index is 13.3. The standard InChI is InChI=1S/C20H31N3O7S2/c1-16-5-3-4-9-23(16)32(27,28)19-15-17(6-7-18(19)29-2)20(24)21-8-14-31(25,26)22-10-12-30-13-11-22/h6-7,15-16H,3-5,8-14H2,1-2H3,(H,21,24). The lowest BCUT2D eigenvalue weighted by molar-refractivity contribution is 0.0730. The lowest BCUT2D eigenvalue weighted by Gasteiger charge is -2.32. The first-order valence-corrected chi connectivity index (χ1v) is 13.8. The zero-order valence-corrected chi connectivity index (χ0v) is 20.1. The van der Waals surface area contributed by atoms with Crippen molar-refractivity contribution in [1.82, 2.24) is 13.9 Å². The minimum absolute atomic E-state index is 0.0673. The van der Waals surface area contributed by atoms with Gasteiger partial charge in [0.15, 0.2) is 0 Å². The zero-order chi connectivity index (χ0) is 23.4. The maximum absolute atomic E-state index is 13.3. The molecule has 1 atom stereocenters. The summed E-state index contributed by atoms with van der Waals surface area (Å²) in [6.45, 7) is 3.50. The van der Waals surface area contributed by atoms with Gasteiger partial charge in [0.05, 0.1) is 26.1 Å². The molecule has 1 unspecified atom stereocenters. The molecule has 0 spiro atoms. The van der Waals surface area contributed by atoms with E-state index in [0.29, 0.717) is 32.8 Å². The molecule has 0 aliphatic carbocycles. The van der Waals surface area contributed by atoms with Crippen LogP contribution in [0.25, 0.3) is 0 Å². The fourth-order valence-electron chi connectivity index (χ4n) is 3.92. The van der Waals surface area contributed by atoms with Crippen molar-refractivity contribution in [2.75, 3.05) is 52.3 Å². The number of nitrogens with one attached hydrogen (secondary N) is 1. The fraction of sp³-hybridized carbons (Fsp3) is 0.650. The summed E-state index contributed by atoms with van der Waals surface area (Å²) in [5.74, 6) is -0.632. The number of amides is 1. The number of sulfonamides is 2. The van der Waals surface area contributed by atoms with Gasteiger partial charge in [-0.3, -0.25) is 4.79 Å². The molecule has 1 aromatic carbocycles. The summed E-state index contributed by atoms with van der Waals surface area (Å²) in [5.41, 5.74) is 0.123. The van der Waals surface area contributed by atoms with Crippen LogP contribution < -0.4 is 10.1 Å². The number of benzene rings is 1. The van der Waals surface area contributed by atoms with E-state index in [1.807, 2.05) is 6.92 Å². The predicted octanol–water partition coefficient (Wildman–Crippen LogP) is 0.650. The van der Waals surface area contributed by atoms with E-state index in [2.05, 4.69) is 5.32 Å². The third kappa shape index (κ3) is 5.60. The molecule has 0 bridgehead atoms. The highest BCUT2D eigenvalue weighted by Gasteiger charge is 2.33. The second-order valence-corrected chi connectivity index (χ2v) is 11.9. The Hall–Kier alpha value is -1.73. The molecule has 2 fully saturated rings. The van der Waals surface area contributed by atoms with Crippen LogP contribution in [0.3, 0.4) is 0 Å². The van der Waals surface area contributed by atoms with Crippen LogP contribution in [0, 0.1) is 0 Å². The van der Waals surface area contributed by atoms with Gasteiger partial charge in [-0.05, 0) is 38.0 Å². The molecule has 2 aliphatic heterocycles. The number of nitrogens with zero attached hydrogens (tertiary/aromatic N) is 2. The molecule has 3 rings (SSSR count). The van der Waals surface area contributed by atoms with E-state index in [0.717, 1.165) is 19.3 Å². The molecule has 1 aromatic rings. The van der Waals surface area contributed by atoms with Crippen molar-refractivity contribution in [2.24, 2.45) is 0 Å². The van der Waals surface area contributed by atoms with E-state index in [1.165, 1.54) is 33.9 Å².